The van der Waals surface area contributed by atoms with E-state index in [1.807, 2.05) is 6.07 Å². The molecule has 23 heavy (non-hydrogen) atoms. The Morgan fingerprint density at radius 2 is 1.78 bits per heavy atom. The van der Waals surface area contributed by atoms with Crippen molar-refractivity contribution in [1.82, 2.24) is 4.72 Å². The van der Waals surface area contributed by atoms with E-state index in [1.165, 1.54) is 0 Å². The van der Waals surface area contributed by atoms with Crippen LogP contribution in [0.1, 0.15) is 23.7 Å². The Morgan fingerprint density at radius 1 is 1.09 bits per heavy atom. The number of halogens is 2. The van der Waals surface area contributed by atoms with Crippen LogP contribution in [0.4, 0.5) is 8.78 Å². The van der Waals surface area contributed by atoms with Gasteiger partial charge >= 0.3 is 0 Å². The molecular formula is C16H17F2NO3S. The summed E-state index contributed by atoms with van der Waals surface area (Å²) in [4.78, 5) is 0. The molecule has 0 aromatic heterocycles. The minimum atomic E-state index is -3.77. The van der Waals surface area contributed by atoms with Crippen LogP contribution in [0.3, 0.4) is 0 Å². The van der Waals surface area contributed by atoms with Crippen LogP contribution in [0.25, 0.3) is 0 Å². The zero-order valence-corrected chi connectivity index (χ0v) is 13.1. The summed E-state index contributed by atoms with van der Waals surface area (Å²) in [7, 11) is -3.77. The molecule has 2 aromatic carbocycles. The van der Waals surface area contributed by atoms with Crippen LogP contribution in [-0.2, 0) is 15.8 Å². The summed E-state index contributed by atoms with van der Waals surface area (Å²) >= 11 is 0. The highest BCUT2D eigenvalue weighted by molar-refractivity contribution is 7.88. The van der Waals surface area contributed by atoms with E-state index in [9.17, 15) is 22.3 Å². The van der Waals surface area contributed by atoms with Crippen LogP contribution >= 0.6 is 0 Å². The molecule has 2 rings (SSSR count). The Labute approximate surface area is 133 Å². The van der Waals surface area contributed by atoms with E-state index in [1.54, 1.807) is 24.3 Å². The average molecular weight is 341 g/mol. The number of hydrogen-bond acceptors (Lipinski definition) is 3. The van der Waals surface area contributed by atoms with E-state index in [0.29, 0.717) is 11.6 Å². The normalized spacial score (nSPS) is 13.0. The minimum Gasteiger partial charge on any atom is -0.388 e. The second-order valence-electron chi connectivity index (χ2n) is 5.10. The zero-order valence-electron chi connectivity index (χ0n) is 12.2. The fourth-order valence-electron chi connectivity index (χ4n) is 2.09. The number of nitrogens with one attached hydrogen (secondary N) is 1. The topological polar surface area (TPSA) is 66.4 Å². The minimum absolute atomic E-state index is 0.0151. The molecule has 0 saturated heterocycles. The third kappa shape index (κ3) is 5.38. The molecule has 0 aliphatic heterocycles. The Kier molecular flexibility index (Phi) is 5.81. The van der Waals surface area contributed by atoms with Crippen molar-refractivity contribution in [2.45, 2.75) is 18.3 Å². The van der Waals surface area contributed by atoms with Gasteiger partial charge in [0.25, 0.3) is 0 Å². The van der Waals surface area contributed by atoms with Crippen LogP contribution in [0.5, 0.6) is 0 Å². The SMILES string of the molecule is O=S(=O)(Cc1ccc(F)cc1F)NCC[C@@H](O)c1ccccc1. The van der Waals surface area contributed by atoms with Crippen LogP contribution < -0.4 is 4.72 Å². The molecular weight excluding hydrogens is 324 g/mol. The lowest BCUT2D eigenvalue weighted by Gasteiger charge is -2.12. The average Bonchev–Trinajstić information content (AvgIpc) is 2.50. The lowest BCUT2D eigenvalue weighted by molar-refractivity contribution is 0.169. The molecule has 0 heterocycles. The van der Waals surface area contributed by atoms with Crippen LogP contribution in [0.2, 0.25) is 0 Å². The predicted octanol–water partition coefficient (Wildman–Crippen LogP) is 2.51. The van der Waals surface area contributed by atoms with E-state index in [2.05, 4.69) is 4.72 Å². The van der Waals surface area contributed by atoms with E-state index < -0.39 is 33.5 Å². The highest BCUT2D eigenvalue weighted by atomic mass is 32.2. The van der Waals surface area contributed by atoms with Gasteiger partial charge in [0.2, 0.25) is 10.0 Å². The van der Waals surface area contributed by atoms with Crippen molar-refractivity contribution in [3.63, 3.8) is 0 Å². The summed E-state index contributed by atoms with van der Waals surface area (Å²) in [5, 5.41) is 9.95. The number of sulfonamides is 1. The van der Waals surface area contributed by atoms with E-state index >= 15 is 0 Å². The first-order valence-corrected chi connectivity index (χ1v) is 8.67. The Balaban J connectivity index is 1.89. The Morgan fingerprint density at radius 3 is 2.43 bits per heavy atom. The summed E-state index contributed by atoms with van der Waals surface area (Å²) < 4.78 is 52.4. The monoisotopic (exact) mass is 341 g/mol. The molecule has 0 fully saturated rings. The third-order valence-corrected chi connectivity index (χ3v) is 4.62. The molecule has 0 spiro atoms. The lowest BCUT2D eigenvalue weighted by atomic mass is 10.1. The van der Waals surface area contributed by atoms with E-state index in [4.69, 9.17) is 0 Å². The van der Waals surface area contributed by atoms with Crippen LogP contribution in [0.15, 0.2) is 48.5 Å². The van der Waals surface area contributed by atoms with E-state index in [0.717, 1.165) is 12.1 Å². The molecule has 2 aromatic rings. The largest absolute Gasteiger partial charge is 0.388 e. The molecule has 0 aliphatic rings. The number of rotatable bonds is 7. The van der Waals surface area contributed by atoms with Gasteiger partial charge < -0.3 is 5.11 Å². The van der Waals surface area contributed by atoms with Crippen molar-refractivity contribution in [2.75, 3.05) is 6.54 Å². The number of benzene rings is 2. The van der Waals surface area contributed by atoms with Gasteiger partial charge in [-0.15, -0.1) is 0 Å². The molecule has 0 radical (unpaired) electrons. The molecule has 4 nitrogen and oxygen atoms in total. The van der Waals surface area contributed by atoms with Gasteiger partial charge in [-0.05, 0) is 18.1 Å². The fraction of sp³-hybridized carbons (Fsp3) is 0.250. The van der Waals surface area contributed by atoms with Gasteiger partial charge in [0.15, 0.2) is 0 Å². The Bertz CT molecular complexity index is 751. The molecule has 124 valence electrons. The van der Waals surface area contributed by atoms with Gasteiger partial charge in [-0.25, -0.2) is 21.9 Å². The first-order valence-electron chi connectivity index (χ1n) is 7.02. The molecule has 7 heteroatoms. The van der Waals surface area contributed by atoms with Gasteiger partial charge in [-0.2, -0.15) is 0 Å². The van der Waals surface area contributed by atoms with Crippen molar-refractivity contribution < 1.29 is 22.3 Å². The van der Waals surface area contributed by atoms with Crippen molar-refractivity contribution in [3.8, 4) is 0 Å². The molecule has 0 amide bonds. The van der Waals surface area contributed by atoms with Crippen molar-refractivity contribution in [2.24, 2.45) is 0 Å². The smallest absolute Gasteiger partial charge is 0.215 e. The molecule has 0 saturated carbocycles. The number of aliphatic hydroxyl groups is 1. The maximum atomic E-state index is 13.5. The van der Waals surface area contributed by atoms with E-state index in [-0.39, 0.29) is 18.5 Å². The van der Waals surface area contributed by atoms with Crippen LogP contribution in [0, 0.1) is 11.6 Å². The first kappa shape index (κ1) is 17.5. The highest BCUT2D eigenvalue weighted by Gasteiger charge is 2.16. The van der Waals surface area contributed by atoms with Gasteiger partial charge in [-0.1, -0.05) is 36.4 Å². The summed E-state index contributed by atoms with van der Waals surface area (Å²) in [5.74, 6) is -2.25. The van der Waals surface area contributed by atoms with Crippen molar-refractivity contribution in [3.05, 3.63) is 71.3 Å². The first-order chi connectivity index (χ1) is 10.9. The van der Waals surface area contributed by atoms with Crippen molar-refractivity contribution in [1.29, 1.82) is 0 Å². The summed E-state index contributed by atoms with van der Waals surface area (Å²) in [5.41, 5.74) is 0.582. The fourth-order valence-corrected chi connectivity index (χ4v) is 3.26. The standard InChI is InChI=1S/C16H17F2NO3S/c17-14-7-6-13(15(18)10-14)11-23(21,22)19-9-8-16(20)12-4-2-1-3-5-12/h1-7,10,16,19-20H,8-9,11H2/t16-/m1/s1. The summed E-state index contributed by atoms with van der Waals surface area (Å²) in [6.07, 6.45) is -0.601. The second kappa shape index (κ2) is 7.63. The molecule has 0 unspecified atom stereocenters. The quantitative estimate of drug-likeness (QED) is 0.813. The summed E-state index contributed by atoms with van der Waals surface area (Å²) in [6, 6.07) is 11.6. The van der Waals surface area contributed by atoms with Gasteiger partial charge in [0, 0.05) is 18.2 Å². The predicted molar refractivity (Wildman–Crippen MR) is 83.0 cm³/mol. The summed E-state index contributed by atoms with van der Waals surface area (Å²) in [6.45, 7) is 0.0151. The maximum Gasteiger partial charge on any atom is 0.215 e. The van der Waals surface area contributed by atoms with Crippen LogP contribution in [-0.4, -0.2) is 20.1 Å². The van der Waals surface area contributed by atoms with Gasteiger partial charge in [0.05, 0.1) is 11.9 Å². The molecule has 0 bridgehead atoms. The zero-order chi connectivity index (χ0) is 16.9. The highest BCUT2D eigenvalue weighted by Crippen LogP contribution is 2.16. The molecule has 2 N–H and O–H groups in total. The Hall–Kier alpha value is -1.83. The van der Waals surface area contributed by atoms with Crippen molar-refractivity contribution >= 4 is 10.0 Å². The number of aliphatic hydroxyl groups excluding tert-OH is 1. The third-order valence-electron chi connectivity index (χ3n) is 3.28. The number of hydrogen-bond donors (Lipinski definition) is 2. The molecule has 1 atom stereocenters. The second-order valence-corrected chi connectivity index (χ2v) is 6.91. The van der Waals surface area contributed by atoms with Gasteiger partial charge in [0.1, 0.15) is 11.6 Å². The maximum absolute atomic E-state index is 13.5. The molecule has 0 aliphatic carbocycles. The lowest BCUT2D eigenvalue weighted by Crippen LogP contribution is -2.27. The van der Waals surface area contributed by atoms with Gasteiger partial charge in [-0.3, -0.25) is 0 Å².